The highest BCUT2D eigenvalue weighted by molar-refractivity contribution is 7.15. The molecule has 110 valence electrons. The summed E-state index contributed by atoms with van der Waals surface area (Å²) in [6.07, 6.45) is -3.27. The number of nitrogens with zero attached hydrogens (tertiary/aromatic N) is 2. The molecule has 0 spiro atoms. The van der Waals surface area contributed by atoms with Crippen molar-refractivity contribution in [3.8, 4) is 0 Å². The first-order valence-electron chi connectivity index (χ1n) is 5.84. The highest BCUT2D eigenvalue weighted by Gasteiger charge is 2.27. The summed E-state index contributed by atoms with van der Waals surface area (Å²) in [6, 6.07) is 0. The largest absolute Gasteiger partial charge is 0.390 e. The molecule has 0 amide bonds. The van der Waals surface area contributed by atoms with Gasteiger partial charge >= 0.3 is 6.18 Å². The predicted molar refractivity (Wildman–Crippen MR) is 69.6 cm³/mol. The zero-order valence-electron chi connectivity index (χ0n) is 11.0. The summed E-state index contributed by atoms with van der Waals surface area (Å²) in [6.45, 7) is 1.92. The van der Waals surface area contributed by atoms with Crippen molar-refractivity contribution in [3.05, 3.63) is 11.1 Å². The molecule has 1 aromatic rings. The smallest absolute Gasteiger partial charge is 0.383 e. The van der Waals surface area contributed by atoms with Crippen LogP contribution in [0.2, 0.25) is 0 Å². The molecule has 8 heteroatoms. The van der Waals surface area contributed by atoms with Gasteiger partial charge in [-0.05, 0) is 0 Å². The summed E-state index contributed by atoms with van der Waals surface area (Å²) in [5.74, 6) is 0. The van der Waals surface area contributed by atoms with E-state index in [4.69, 9.17) is 4.74 Å². The van der Waals surface area contributed by atoms with Crippen LogP contribution in [0.25, 0.3) is 0 Å². The molecule has 4 nitrogen and oxygen atoms in total. The summed E-state index contributed by atoms with van der Waals surface area (Å²) in [7, 11) is 3.24. The van der Waals surface area contributed by atoms with Gasteiger partial charge in [-0.2, -0.15) is 13.2 Å². The predicted octanol–water partition coefficient (Wildman–Crippen LogP) is 2.27. The lowest BCUT2D eigenvalue weighted by Crippen LogP contribution is -2.23. The van der Waals surface area contributed by atoms with E-state index >= 15 is 0 Å². The minimum absolute atomic E-state index is 0.0758. The number of ether oxygens (including phenoxy) is 1. The summed E-state index contributed by atoms with van der Waals surface area (Å²) in [5.41, 5.74) is 0. The van der Waals surface area contributed by atoms with E-state index in [1.165, 1.54) is 16.2 Å². The minimum atomic E-state index is -4.13. The molecule has 0 bridgehead atoms. The number of methoxy groups -OCH3 is 1. The third-order valence-electron chi connectivity index (χ3n) is 2.38. The second kappa shape index (κ2) is 7.66. The Morgan fingerprint density at radius 3 is 2.84 bits per heavy atom. The molecular formula is C11H18F3N3OS. The Labute approximate surface area is 114 Å². The standard InChI is InChI=1S/C11H18F3N3OS/c1-17(5-3-11(12,13)14)10-16-8-9(19-10)7-15-4-6-18-2/h8,15H,3-7H2,1-2H3. The third-order valence-corrected chi connectivity index (χ3v) is 3.49. The highest BCUT2D eigenvalue weighted by atomic mass is 32.1. The van der Waals surface area contributed by atoms with Gasteiger partial charge in [0.05, 0.1) is 13.0 Å². The average Bonchev–Trinajstić information content (AvgIpc) is 2.79. The van der Waals surface area contributed by atoms with E-state index in [2.05, 4.69) is 10.3 Å². The van der Waals surface area contributed by atoms with Gasteiger partial charge in [-0.3, -0.25) is 0 Å². The first-order valence-corrected chi connectivity index (χ1v) is 6.66. The molecule has 0 fully saturated rings. The fourth-order valence-corrected chi connectivity index (χ4v) is 2.20. The number of nitrogens with one attached hydrogen (secondary N) is 1. The molecule has 1 aromatic heterocycles. The summed E-state index contributed by atoms with van der Waals surface area (Å²) in [4.78, 5) is 6.64. The van der Waals surface area contributed by atoms with Gasteiger partial charge in [-0.15, -0.1) is 11.3 Å². The Balaban J connectivity index is 2.36. The van der Waals surface area contributed by atoms with E-state index in [0.29, 0.717) is 18.3 Å². The summed E-state index contributed by atoms with van der Waals surface area (Å²) >= 11 is 1.39. The molecule has 1 N–H and O–H groups in total. The second-order valence-corrected chi connectivity index (χ2v) is 5.16. The molecule has 0 aliphatic heterocycles. The molecule has 0 saturated carbocycles. The number of hydrogen-bond acceptors (Lipinski definition) is 5. The zero-order valence-corrected chi connectivity index (χ0v) is 11.8. The molecule has 0 saturated heterocycles. The molecule has 0 radical (unpaired) electrons. The van der Waals surface area contributed by atoms with Crippen LogP contribution in [0.4, 0.5) is 18.3 Å². The molecule has 1 heterocycles. The van der Waals surface area contributed by atoms with E-state index in [0.717, 1.165) is 11.4 Å². The summed E-state index contributed by atoms with van der Waals surface area (Å²) < 4.78 is 41.2. The van der Waals surface area contributed by atoms with E-state index in [1.54, 1.807) is 20.4 Å². The van der Waals surface area contributed by atoms with Crippen LogP contribution < -0.4 is 10.2 Å². The van der Waals surface area contributed by atoms with Crippen LogP contribution >= 0.6 is 11.3 Å². The monoisotopic (exact) mass is 297 g/mol. The van der Waals surface area contributed by atoms with Gasteiger partial charge in [-0.1, -0.05) is 0 Å². The van der Waals surface area contributed by atoms with Crippen LogP contribution in [0, 0.1) is 0 Å². The molecule has 0 aromatic carbocycles. The fraction of sp³-hybridized carbons (Fsp3) is 0.727. The SMILES string of the molecule is COCCNCc1cnc(N(C)CCC(F)(F)F)s1. The lowest BCUT2D eigenvalue weighted by atomic mass is 10.4. The number of hydrogen-bond donors (Lipinski definition) is 1. The van der Waals surface area contributed by atoms with Crippen molar-refractivity contribution in [2.24, 2.45) is 0 Å². The minimum Gasteiger partial charge on any atom is -0.383 e. The van der Waals surface area contributed by atoms with Crippen molar-refractivity contribution in [1.82, 2.24) is 10.3 Å². The molecule has 0 unspecified atom stereocenters. The highest BCUT2D eigenvalue weighted by Crippen LogP contribution is 2.24. The molecule has 0 atom stereocenters. The van der Waals surface area contributed by atoms with Crippen molar-refractivity contribution >= 4 is 16.5 Å². The number of rotatable bonds is 8. The Morgan fingerprint density at radius 1 is 1.47 bits per heavy atom. The Bertz CT molecular complexity index is 370. The van der Waals surface area contributed by atoms with Crippen LogP contribution in [-0.4, -0.2) is 45.0 Å². The van der Waals surface area contributed by atoms with E-state index in [9.17, 15) is 13.2 Å². The number of anilines is 1. The van der Waals surface area contributed by atoms with E-state index < -0.39 is 12.6 Å². The average molecular weight is 297 g/mol. The van der Waals surface area contributed by atoms with Crippen LogP contribution in [0.15, 0.2) is 6.20 Å². The number of alkyl halides is 3. The Kier molecular flexibility index (Phi) is 6.53. The van der Waals surface area contributed by atoms with Gasteiger partial charge in [-0.25, -0.2) is 4.98 Å². The van der Waals surface area contributed by atoms with Crippen LogP contribution in [0.1, 0.15) is 11.3 Å². The maximum Gasteiger partial charge on any atom is 0.390 e. The van der Waals surface area contributed by atoms with Crippen LogP contribution in [0.3, 0.4) is 0 Å². The topological polar surface area (TPSA) is 37.4 Å². The molecule has 1 rings (SSSR count). The number of thiazole rings is 1. The zero-order chi connectivity index (χ0) is 14.3. The molecule has 0 aliphatic carbocycles. The number of aromatic nitrogens is 1. The van der Waals surface area contributed by atoms with Crippen LogP contribution in [0.5, 0.6) is 0 Å². The molecular weight excluding hydrogens is 279 g/mol. The van der Waals surface area contributed by atoms with Crippen molar-refractivity contribution in [2.45, 2.75) is 19.1 Å². The fourth-order valence-electron chi connectivity index (χ4n) is 1.33. The third kappa shape index (κ3) is 6.74. The van der Waals surface area contributed by atoms with Crippen molar-refractivity contribution < 1.29 is 17.9 Å². The van der Waals surface area contributed by atoms with Gasteiger partial charge in [0.15, 0.2) is 5.13 Å². The lowest BCUT2D eigenvalue weighted by molar-refractivity contribution is -0.132. The first kappa shape index (κ1) is 16.2. The summed E-state index contributed by atoms with van der Waals surface area (Å²) in [5, 5.41) is 3.76. The quantitative estimate of drug-likeness (QED) is 0.747. The van der Waals surface area contributed by atoms with Gasteiger partial charge in [0.2, 0.25) is 0 Å². The Hall–Kier alpha value is -0.860. The van der Waals surface area contributed by atoms with Gasteiger partial charge in [0.25, 0.3) is 0 Å². The van der Waals surface area contributed by atoms with Crippen molar-refractivity contribution in [1.29, 1.82) is 0 Å². The van der Waals surface area contributed by atoms with E-state index in [1.807, 2.05) is 0 Å². The van der Waals surface area contributed by atoms with E-state index in [-0.39, 0.29) is 6.54 Å². The van der Waals surface area contributed by atoms with Gasteiger partial charge < -0.3 is 15.0 Å². The van der Waals surface area contributed by atoms with Crippen LogP contribution in [-0.2, 0) is 11.3 Å². The molecule has 0 aliphatic rings. The second-order valence-electron chi connectivity index (χ2n) is 4.07. The maximum absolute atomic E-state index is 12.1. The maximum atomic E-state index is 12.1. The first-order chi connectivity index (χ1) is 8.92. The number of halogens is 3. The lowest BCUT2D eigenvalue weighted by Gasteiger charge is -2.16. The van der Waals surface area contributed by atoms with Gasteiger partial charge in [0.1, 0.15) is 0 Å². The normalized spacial score (nSPS) is 11.8. The molecule has 19 heavy (non-hydrogen) atoms. The Morgan fingerprint density at radius 2 is 2.21 bits per heavy atom. The van der Waals surface area contributed by atoms with Crippen molar-refractivity contribution in [3.63, 3.8) is 0 Å². The van der Waals surface area contributed by atoms with Crippen molar-refractivity contribution in [2.75, 3.05) is 38.8 Å². The van der Waals surface area contributed by atoms with Gasteiger partial charge in [0, 0.05) is 44.9 Å².